The van der Waals surface area contributed by atoms with Gasteiger partial charge >= 0.3 is 0 Å². The average molecular weight is 353 g/mol. The highest BCUT2D eigenvalue weighted by atomic mass is 16.5. The number of rotatable bonds is 6. The predicted molar refractivity (Wildman–Crippen MR) is 97.4 cm³/mol. The number of aromatic nitrogens is 3. The Kier molecular flexibility index (Phi) is 5.12. The van der Waals surface area contributed by atoms with Crippen LogP contribution in [0.5, 0.6) is 11.5 Å². The van der Waals surface area contributed by atoms with Crippen molar-refractivity contribution in [2.45, 2.75) is 13.5 Å². The van der Waals surface area contributed by atoms with Crippen molar-refractivity contribution in [3.63, 3.8) is 0 Å². The third kappa shape index (κ3) is 3.64. The van der Waals surface area contributed by atoms with Gasteiger partial charge in [-0.25, -0.2) is 10.1 Å². The van der Waals surface area contributed by atoms with E-state index in [2.05, 4.69) is 20.8 Å². The zero-order valence-corrected chi connectivity index (χ0v) is 14.8. The van der Waals surface area contributed by atoms with Crippen molar-refractivity contribution in [2.24, 2.45) is 5.10 Å². The first-order chi connectivity index (χ1) is 12.6. The van der Waals surface area contributed by atoms with Crippen LogP contribution in [0.15, 0.2) is 47.6 Å². The molecular weight excluding hydrogens is 334 g/mol. The first kappa shape index (κ1) is 17.4. The topological polar surface area (TPSA) is 90.6 Å². The lowest BCUT2D eigenvalue weighted by Crippen LogP contribution is -2.25. The number of benzene rings is 2. The van der Waals surface area contributed by atoms with Crippen molar-refractivity contribution in [1.29, 1.82) is 0 Å². The zero-order chi connectivity index (χ0) is 18.5. The largest absolute Gasteiger partial charge is 0.497 e. The summed E-state index contributed by atoms with van der Waals surface area (Å²) in [5.41, 5.74) is 5.44. The second kappa shape index (κ2) is 7.64. The quantitative estimate of drug-likeness (QED) is 0.541. The number of carbonyl (C=O) groups is 1. The lowest BCUT2D eigenvalue weighted by Gasteiger charge is -2.10. The van der Waals surface area contributed by atoms with Gasteiger partial charge < -0.3 is 9.47 Å². The summed E-state index contributed by atoms with van der Waals surface area (Å²) in [6, 6.07) is 12.8. The Morgan fingerprint density at radius 2 is 2.00 bits per heavy atom. The van der Waals surface area contributed by atoms with Crippen molar-refractivity contribution in [1.82, 2.24) is 20.4 Å². The number of fused-ring (bicyclic) bond motifs is 1. The summed E-state index contributed by atoms with van der Waals surface area (Å²) < 4.78 is 12.1. The van der Waals surface area contributed by atoms with Crippen molar-refractivity contribution in [3.8, 4) is 11.5 Å². The van der Waals surface area contributed by atoms with Crippen LogP contribution in [0.3, 0.4) is 0 Å². The number of hydrazone groups is 1. The van der Waals surface area contributed by atoms with E-state index in [9.17, 15) is 4.79 Å². The molecule has 1 heterocycles. The molecule has 1 aromatic heterocycles. The number of carbonyl (C=O) groups excluding carboxylic acids is 1. The van der Waals surface area contributed by atoms with Gasteiger partial charge in [-0.05, 0) is 31.2 Å². The van der Waals surface area contributed by atoms with E-state index < -0.39 is 0 Å². The minimum atomic E-state index is -0.299. The molecule has 0 aliphatic heterocycles. The number of ether oxygens (including phenoxy) is 2. The number of hydrogen-bond donors (Lipinski definition) is 1. The fourth-order valence-electron chi connectivity index (χ4n) is 2.51. The molecule has 0 bridgehead atoms. The Balaban J connectivity index is 1.71. The minimum absolute atomic E-state index is 0.0248. The Labute approximate surface area is 150 Å². The second-order valence-corrected chi connectivity index (χ2v) is 5.53. The number of nitrogens with zero attached hydrogens (tertiary/aromatic N) is 4. The fourth-order valence-corrected chi connectivity index (χ4v) is 2.51. The first-order valence-corrected chi connectivity index (χ1v) is 7.96. The molecule has 8 heteroatoms. The van der Waals surface area contributed by atoms with E-state index in [1.54, 1.807) is 33.3 Å². The maximum absolute atomic E-state index is 12.2. The summed E-state index contributed by atoms with van der Waals surface area (Å²) >= 11 is 0. The molecule has 0 radical (unpaired) electrons. The third-order valence-electron chi connectivity index (χ3n) is 3.86. The SMILES string of the molecule is COc1ccc(/C(C)=N\NC(=O)Cn2nnc3ccccc32)c(OC)c1. The molecule has 0 saturated carbocycles. The molecule has 0 spiro atoms. The molecule has 0 aliphatic rings. The summed E-state index contributed by atoms with van der Waals surface area (Å²) in [5, 5.41) is 12.2. The minimum Gasteiger partial charge on any atom is -0.497 e. The smallest absolute Gasteiger partial charge is 0.261 e. The number of para-hydroxylation sites is 1. The number of hydrogen-bond acceptors (Lipinski definition) is 6. The Morgan fingerprint density at radius 1 is 1.19 bits per heavy atom. The molecule has 8 nitrogen and oxygen atoms in total. The summed E-state index contributed by atoms with van der Waals surface area (Å²) in [6.07, 6.45) is 0. The van der Waals surface area contributed by atoms with Crippen molar-refractivity contribution < 1.29 is 14.3 Å². The van der Waals surface area contributed by atoms with E-state index in [0.29, 0.717) is 17.2 Å². The van der Waals surface area contributed by atoms with Crippen LogP contribution in [-0.2, 0) is 11.3 Å². The number of methoxy groups -OCH3 is 2. The highest BCUT2D eigenvalue weighted by Gasteiger charge is 2.10. The van der Waals surface area contributed by atoms with Gasteiger partial charge in [-0.1, -0.05) is 17.3 Å². The maximum Gasteiger partial charge on any atom is 0.261 e. The molecule has 26 heavy (non-hydrogen) atoms. The average Bonchev–Trinajstić information content (AvgIpc) is 3.08. The summed E-state index contributed by atoms with van der Waals surface area (Å²) in [4.78, 5) is 12.2. The molecule has 0 atom stereocenters. The molecule has 2 aromatic carbocycles. The van der Waals surface area contributed by atoms with E-state index in [0.717, 1.165) is 16.6 Å². The standard InChI is InChI=1S/C18H19N5O3/c1-12(14-9-8-13(25-2)10-17(14)26-3)19-21-18(24)11-23-16-7-5-4-6-15(16)20-22-23/h4-10H,11H2,1-3H3,(H,21,24)/b19-12-. The normalized spacial score (nSPS) is 11.4. The molecule has 0 aliphatic carbocycles. The Bertz CT molecular complexity index is 964. The molecule has 1 N–H and O–H groups in total. The zero-order valence-electron chi connectivity index (χ0n) is 14.8. The van der Waals surface area contributed by atoms with E-state index in [1.807, 2.05) is 30.3 Å². The lowest BCUT2D eigenvalue weighted by atomic mass is 10.1. The van der Waals surface area contributed by atoms with Gasteiger partial charge in [-0.2, -0.15) is 5.10 Å². The monoisotopic (exact) mass is 353 g/mol. The van der Waals surface area contributed by atoms with E-state index in [4.69, 9.17) is 9.47 Å². The van der Waals surface area contributed by atoms with Gasteiger partial charge in [0.25, 0.3) is 5.91 Å². The molecule has 0 saturated heterocycles. The van der Waals surface area contributed by atoms with Crippen LogP contribution >= 0.6 is 0 Å². The summed E-state index contributed by atoms with van der Waals surface area (Å²) in [6.45, 7) is 1.81. The van der Waals surface area contributed by atoms with Gasteiger partial charge in [0.1, 0.15) is 23.6 Å². The predicted octanol–water partition coefficient (Wildman–Crippen LogP) is 1.99. The fraction of sp³-hybridized carbons (Fsp3) is 0.222. The van der Waals surface area contributed by atoms with Crippen LogP contribution in [0.1, 0.15) is 12.5 Å². The highest BCUT2D eigenvalue weighted by molar-refractivity contribution is 6.01. The van der Waals surface area contributed by atoms with Crippen molar-refractivity contribution >= 4 is 22.7 Å². The van der Waals surface area contributed by atoms with E-state index in [-0.39, 0.29) is 12.5 Å². The molecule has 0 fully saturated rings. The molecule has 3 rings (SSSR count). The van der Waals surface area contributed by atoms with Gasteiger partial charge in [0.15, 0.2) is 0 Å². The van der Waals surface area contributed by atoms with Crippen LogP contribution in [0.25, 0.3) is 11.0 Å². The number of nitrogens with one attached hydrogen (secondary N) is 1. The van der Waals surface area contributed by atoms with E-state index in [1.165, 1.54) is 4.68 Å². The van der Waals surface area contributed by atoms with Crippen molar-refractivity contribution in [3.05, 3.63) is 48.0 Å². The van der Waals surface area contributed by atoms with E-state index >= 15 is 0 Å². The Hall–Kier alpha value is -3.42. The third-order valence-corrected chi connectivity index (χ3v) is 3.86. The first-order valence-electron chi connectivity index (χ1n) is 7.96. The summed E-state index contributed by atoms with van der Waals surface area (Å²) in [5.74, 6) is 0.995. The molecule has 3 aromatic rings. The van der Waals surface area contributed by atoms with Crippen LogP contribution in [0.4, 0.5) is 0 Å². The molecule has 1 amide bonds. The van der Waals surface area contributed by atoms with Crippen molar-refractivity contribution in [2.75, 3.05) is 14.2 Å². The Morgan fingerprint density at radius 3 is 2.77 bits per heavy atom. The number of amides is 1. The van der Waals surface area contributed by atoms with Crippen LogP contribution in [0, 0.1) is 0 Å². The van der Waals surface area contributed by atoms with Gasteiger partial charge in [-0.15, -0.1) is 5.10 Å². The molecule has 134 valence electrons. The maximum atomic E-state index is 12.2. The van der Waals surface area contributed by atoms with Crippen LogP contribution in [-0.4, -0.2) is 40.8 Å². The second-order valence-electron chi connectivity index (χ2n) is 5.53. The summed E-state index contributed by atoms with van der Waals surface area (Å²) in [7, 11) is 3.16. The lowest BCUT2D eigenvalue weighted by molar-refractivity contribution is -0.121. The van der Waals surface area contributed by atoms with Crippen LogP contribution in [0.2, 0.25) is 0 Å². The van der Waals surface area contributed by atoms with Crippen LogP contribution < -0.4 is 14.9 Å². The van der Waals surface area contributed by atoms with Gasteiger partial charge in [-0.3, -0.25) is 4.79 Å². The van der Waals surface area contributed by atoms with Gasteiger partial charge in [0, 0.05) is 11.6 Å². The van der Waals surface area contributed by atoms with Gasteiger partial charge in [0.05, 0.1) is 25.4 Å². The van der Waals surface area contributed by atoms with Gasteiger partial charge in [0.2, 0.25) is 0 Å². The molecule has 0 unspecified atom stereocenters. The molecular formula is C18H19N5O3. The highest BCUT2D eigenvalue weighted by Crippen LogP contribution is 2.25.